The van der Waals surface area contributed by atoms with Gasteiger partial charge in [-0.15, -0.1) is 21.5 Å². The van der Waals surface area contributed by atoms with E-state index < -0.39 is 0 Å². The van der Waals surface area contributed by atoms with Gasteiger partial charge in [-0.1, -0.05) is 17.8 Å². The molecule has 1 aliphatic heterocycles. The lowest BCUT2D eigenvalue weighted by molar-refractivity contribution is 0.0314. The number of hydrogen-bond donors (Lipinski definition) is 0. The Morgan fingerprint density at radius 3 is 3.11 bits per heavy atom. The van der Waals surface area contributed by atoms with Crippen LogP contribution in [0.15, 0.2) is 22.7 Å². The molecule has 19 heavy (non-hydrogen) atoms. The summed E-state index contributed by atoms with van der Waals surface area (Å²) in [7, 11) is 2.04. The zero-order valence-corrected chi connectivity index (χ0v) is 12.7. The van der Waals surface area contributed by atoms with Gasteiger partial charge in [-0.2, -0.15) is 0 Å². The third-order valence-corrected chi connectivity index (χ3v) is 5.48. The maximum atomic E-state index is 5.59. The maximum Gasteiger partial charge on any atom is 0.191 e. The van der Waals surface area contributed by atoms with Crippen LogP contribution in [0.5, 0.6) is 0 Å². The van der Waals surface area contributed by atoms with Gasteiger partial charge in [0.2, 0.25) is 0 Å². The molecule has 2 aromatic heterocycles. The highest BCUT2D eigenvalue weighted by Gasteiger charge is 2.23. The number of rotatable bonds is 3. The highest BCUT2D eigenvalue weighted by Crippen LogP contribution is 2.32. The highest BCUT2D eigenvalue weighted by molar-refractivity contribution is 7.99. The van der Waals surface area contributed by atoms with Crippen LogP contribution in [0, 0.1) is 0 Å². The van der Waals surface area contributed by atoms with Crippen LogP contribution in [0.4, 0.5) is 0 Å². The van der Waals surface area contributed by atoms with Crippen LogP contribution in [-0.4, -0.2) is 32.7 Å². The largest absolute Gasteiger partial charge is 0.378 e. The first-order chi connectivity index (χ1) is 9.24. The van der Waals surface area contributed by atoms with Crippen LogP contribution in [-0.2, 0) is 11.8 Å². The number of thioether (sulfide) groups is 1. The number of hydrogen-bond acceptors (Lipinski definition) is 5. The number of thiophene rings is 1. The molecule has 1 fully saturated rings. The zero-order chi connectivity index (χ0) is 13.2. The van der Waals surface area contributed by atoms with Crippen LogP contribution in [0.2, 0.25) is 0 Å². The highest BCUT2D eigenvalue weighted by atomic mass is 32.2. The molecule has 3 rings (SSSR count). The molecular weight excluding hydrogens is 278 g/mol. The Morgan fingerprint density at radius 2 is 2.37 bits per heavy atom. The fraction of sp³-hybridized carbons (Fsp3) is 0.538. The van der Waals surface area contributed by atoms with Crippen molar-refractivity contribution < 1.29 is 4.74 Å². The minimum Gasteiger partial charge on any atom is -0.378 e. The van der Waals surface area contributed by atoms with E-state index in [2.05, 4.69) is 33.1 Å². The second-order valence-corrected chi connectivity index (χ2v) is 7.00. The molecule has 0 aliphatic carbocycles. The summed E-state index contributed by atoms with van der Waals surface area (Å²) in [6.45, 7) is 2.99. The fourth-order valence-electron chi connectivity index (χ4n) is 2.25. The van der Waals surface area contributed by atoms with Gasteiger partial charge in [0.05, 0.1) is 11.0 Å². The van der Waals surface area contributed by atoms with Gasteiger partial charge in [-0.3, -0.25) is 0 Å². The molecule has 2 atom stereocenters. The van der Waals surface area contributed by atoms with Gasteiger partial charge in [0.1, 0.15) is 0 Å². The second kappa shape index (κ2) is 5.64. The van der Waals surface area contributed by atoms with Gasteiger partial charge in [0, 0.05) is 18.9 Å². The Morgan fingerprint density at radius 1 is 1.47 bits per heavy atom. The summed E-state index contributed by atoms with van der Waals surface area (Å²) in [5.41, 5.74) is 0. The van der Waals surface area contributed by atoms with Gasteiger partial charge >= 0.3 is 0 Å². The summed E-state index contributed by atoms with van der Waals surface area (Å²) >= 11 is 3.52. The molecule has 3 heterocycles. The summed E-state index contributed by atoms with van der Waals surface area (Å²) in [5.74, 6) is 0.956. The SMILES string of the molecule is C[C@@H]1C[C@H](Sc2nnc(-c3cccs3)n2C)CCO1. The van der Waals surface area contributed by atoms with E-state index in [4.69, 9.17) is 4.74 Å². The molecule has 0 aromatic carbocycles. The normalized spacial score (nSPS) is 23.7. The van der Waals surface area contributed by atoms with Crippen molar-refractivity contribution in [1.29, 1.82) is 0 Å². The van der Waals surface area contributed by atoms with E-state index in [1.807, 2.05) is 24.9 Å². The van der Waals surface area contributed by atoms with Crippen molar-refractivity contribution in [3.8, 4) is 10.7 Å². The average molecular weight is 295 g/mol. The lowest BCUT2D eigenvalue weighted by atomic mass is 10.1. The third kappa shape index (κ3) is 2.85. The van der Waals surface area contributed by atoms with E-state index in [0.717, 1.165) is 30.4 Å². The van der Waals surface area contributed by atoms with Crippen molar-refractivity contribution in [2.45, 2.75) is 36.3 Å². The lowest BCUT2D eigenvalue weighted by Gasteiger charge is -2.26. The summed E-state index contributed by atoms with van der Waals surface area (Å²) in [5, 5.41) is 12.3. The molecule has 0 spiro atoms. The van der Waals surface area contributed by atoms with E-state index >= 15 is 0 Å². The Labute approximate surface area is 121 Å². The molecule has 0 unspecified atom stereocenters. The average Bonchev–Trinajstić information content (AvgIpc) is 3.01. The molecule has 4 nitrogen and oxygen atoms in total. The predicted molar refractivity (Wildman–Crippen MR) is 78.6 cm³/mol. The molecule has 1 aliphatic rings. The van der Waals surface area contributed by atoms with E-state index in [1.54, 1.807) is 11.3 Å². The quantitative estimate of drug-likeness (QED) is 0.872. The fourth-order valence-corrected chi connectivity index (χ4v) is 4.21. The molecule has 2 aromatic rings. The first-order valence-electron chi connectivity index (χ1n) is 6.45. The van der Waals surface area contributed by atoms with Crippen molar-refractivity contribution in [1.82, 2.24) is 14.8 Å². The standard InChI is InChI=1S/C13H17N3OS2/c1-9-8-10(5-6-17-9)19-13-15-14-12(16(13)2)11-4-3-7-18-11/h3-4,7,9-10H,5-6,8H2,1-2H3/t9-,10-/m1/s1. The van der Waals surface area contributed by atoms with Crippen molar-refractivity contribution in [2.24, 2.45) is 7.05 Å². The molecule has 102 valence electrons. The first kappa shape index (κ1) is 13.1. The molecule has 6 heteroatoms. The predicted octanol–water partition coefficient (Wildman–Crippen LogP) is 3.20. The maximum absolute atomic E-state index is 5.59. The number of aromatic nitrogens is 3. The summed E-state index contributed by atoms with van der Waals surface area (Å²) in [4.78, 5) is 1.17. The van der Waals surface area contributed by atoms with E-state index in [1.165, 1.54) is 4.88 Å². The minimum absolute atomic E-state index is 0.358. The summed E-state index contributed by atoms with van der Waals surface area (Å²) < 4.78 is 7.68. The van der Waals surface area contributed by atoms with Crippen molar-refractivity contribution in [3.05, 3.63) is 17.5 Å². The van der Waals surface area contributed by atoms with Crippen molar-refractivity contribution in [2.75, 3.05) is 6.61 Å². The van der Waals surface area contributed by atoms with E-state index in [-0.39, 0.29) is 0 Å². The second-order valence-electron chi connectivity index (χ2n) is 4.79. The third-order valence-electron chi connectivity index (χ3n) is 3.29. The van der Waals surface area contributed by atoms with Crippen LogP contribution in [0.25, 0.3) is 10.7 Å². The first-order valence-corrected chi connectivity index (χ1v) is 8.21. The molecule has 0 bridgehead atoms. The number of ether oxygens (including phenoxy) is 1. The Hall–Kier alpha value is -0.850. The van der Waals surface area contributed by atoms with Gasteiger partial charge in [-0.25, -0.2) is 0 Å². The van der Waals surface area contributed by atoms with Crippen molar-refractivity contribution in [3.63, 3.8) is 0 Å². The molecule has 0 saturated carbocycles. The smallest absolute Gasteiger partial charge is 0.191 e. The van der Waals surface area contributed by atoms with Gasteiger partial charge < -0.3 is 9.30 Å². The van der Waals surface area contributed by atoms with E-state index in [0.29, 0.717) is 11.4 Å². The van der Waals surface area contributed by atoms with Gasteiger partial charge in [-0.05, 0) is 31.2 Å². The summed E-state index contributed by atoms with van der Waals surface area (Å²) in [6.07, 6.45) is 2.54. The Bertz CT molecular complexity index is 538. The monoisotopic (exact) mass is 295 g/mol. The molecule has 0 N–H and O–H groups in total. The van der Waals surface area contributed by atoms with Crippen molar-refractivity contribution >= 4 is 23.1 Å². The van der Waals surface area contributed by atoms with Gasteiger partial charge in [0.15, 0.2) is 11.0 Å². The summed E-state index contributed by atoms with van der Waals surface area (Å²) in [6, 6.07) is 4.13. The molecule has 0 amide bonds. The van der Waals surface area contributed by atoms with Crippen LogP contribution in [0.1, 0.15) is 19.8 Å². The number of nitrogens with zero attached hydrogens (tertiary/aromatic N) is 3. The Balaban J connectivity index is 1.75. The Kier molecular flexibility index (Phi) is 3.91. The van der Waals surface area contributed by atoms with Gasteiger partial charge in [0.25, 0.3) is 0 Å². The van der Waals surface area contributed by atoms with E-state index in [9.17, 15) is 0 Å². The molecular formula is C13H17N3OS2. The minimum atomic E-state index is 0.358. The van der Waals surface area contributed by atoms with Crippen LogP contribution >= 0.6 is 23.1 Å². The van der Waals surface area contributed by atoms with Crippen LogP contribution < -0.4 is 0 Å². The lowest BCUT2D eigenvalue weighted by Crippen LogP contribution is -2.24. The zero-order valence-electron chi connectivity index (χ0n) is 11.1. The topological polar surface area (TPSA) is 39.9 Å². The molecule has 1 saturated heterocycles. The molecule has 0 radical (unpaired) electrons. The van der Waals surface area contributed by atoms with Crippen LogP contribution in [0.3, 0.4) is 0 Å².